The van der Waals surface area contributed by atoms with Crippen molar-refractivity contribution in [3.63, 3.8) is 0 Å². The van der Waals surface area contributed by atoms with Gasteiger partial charge in [-0.15, -0.1) is 0 Å². The standard InChI is InChI=1S/C9H13NO3S/c1-7-4-3-5-8(9(7)10)14(11,12)6-13-2/h3-5H,6,10H2,1-2H3. The third-order valence-corrected chi connectivity index (χ3v) is 3.46. The van der Waals surface area contributed by atoms with Gasteiger partial charge in [0.1, 0.15) is 0 Å². The summed E-state index contributed by atoms with van der Waals surface area (Å²) in [5.41, 5.74) is 6.71. The van der Waals surface area contributed by atoms with E-state index in [2.05, 4.69) is 4.74 Å². The topological polar surface area (TPSA) is 69.4 Å². The van der Waals surface area contributed by atoms with Crippen LogP contribution in [-0.2, 0) is 14.6 Å². The van der Waals surface area contributed by atoms with Gasteiger partial charge in [0.2, 0.25) is 9.84 Å². The van der Waals surface area contributed by atoms with E-state index in [1.54, 1.807) is 19.1 Å². The molecule has 0 heterocycles. The Morgan fingerprint density at radius 1 is 1.43 bits per heavy atom. The number of methoxy groups -OCH3 is 1. The van der Waals surface area contributed by atoms with E-state index in [0.717, 1.165) is 5.56 Å². The number of sulfone groups is 1. The molecule has 1 aromatic rings. The van der Waals surface area contributed by atoms with Crippen molar-refractivity contribution in [2.45, 2.75) is 11.8 Å². The first-order valence-electron chi connectivity index (χ1n) is 4.06. The molecule has 1 rings (SSSR count). The number of hydrogen-bond acceptors (Lipinski definition) is 4. The molecule has 0 unspecified atom stereocenters. The minimum absolute atomic E-state index is 0.138. The molecule has 0 atom stereocenters. The zero-order chi connectivity index (χ0) is 10.8. The molecule has 0 aromatic heterocycles. The van der Waals surface area contributed by atoms with Crippen molar-refractivity contribution in [3.8, 4) is 0 Å². The quantitative estimate of drug-likeness (QED) is 0.762. The Bertz CT molecular complexity index is 426. The van der Waals surface area contributed by atoms with E-state index < -0.39 is 9.84 Å². The zero-order valence-electron chi connectivity index (χ0n) is 8.15. The van der Waals surface area contributed by atoms with E-state index >= 15 is 0 Å². The number of aryl methyl sites for hydroxylation is 1. The van der Waals surface area contributed by atoms with Crippen LogP contribution in [0, 0.1) is 6.92 Å². The molecule has 0 saturated carbocycles. The highest BCUT2D eigenvalue weighted by Crippen LogP contribution is 2.22. The maximum Gasteiger partial charge on any atom is 0.204 e. The van der Waals surface area contributed by atoms with E-state index in [1.165, 1.54) is 13.2 Å². The van der Waals surface area contributed by atoms with Crippen molar-refractivity contribution in [2.75, 3.05) is 18.8 Å². The summed E-state index contributed by atoms with van der Waals surface area (Å²) in [5.74, 6) is -0.347. The van der Waals surface area contributed by atoms with Gasteiger partial charge in [0.25, 0.3) is 0 Å². The fourth-order valence-corrected chi connectivity index (χ4v) is 2.36. The lowest BCUT2D eigenvalue weighted by molar-refractivity contribution is 0.250. The van der Waals surface area contributed by atoms with Crippen LogP contribution in [0.2, 0.25) is 0 Å². The lowest BCUT2D eigenvalue weighted by atomic mass is 10.2. The van der Waals surface area contributed by atoms with Crippen LogP contribution in [0.4, 0.5) is 5.69 Å². The van der Waals surface area contributed by atoms with Crippen LogP contribution < -0.4 is 5.73 Å². The molecule has 0 spiro atoms. The molecule has 14 heavy (non-hydrogen) atoms. The van der Waals surface area contributed by atoms with Crippen molar-refractivity contribution in [2.24, 2.45) is 0 Å². The van der Waals surface area contributed by atoms with Crippen molar-refractivity contribution in [1.29, 1.82) is 0 Å². The molecule has 0 saturated heterocycles. The Balaban J connectivity index is 3.27. The normalized spacial score (nSPS) is 11.6. The summed E-state index contributed by atoms with van der Waals surface area (Å²) in [6, 6.07) is 4.91. The van der Waals surface area contributed by atoms with Crippen LogP contribution in [0.1, 0.15) is 5.56 Å². The van der Waals surface area contributed by atoms with Gasteiger partial charge >= 0.3 is 0 Å². The summed E-state index contributed by atoms with van der Waals surface area (Å²) in [7, 11) is -2.07. The molecule has 78 valence electrons. The van der Waals surface area contributed by atoms with Crippen LogP contribution in [-0.4, -0.2) is 21.5 Å². The number of para-hydroxylation sites is 1. The van der Waals surface area contributed by atoms with Gasteiger partial charge in [0, 0.05) is 7.11 Å². The van der Waals surface area contributed by atoms with E-state index in [9.17, 15) is 8.42 Å². The van der Waals surface area contributed by atoms with Gasteiger partial charge in [-0.3, -0.25) is 0 Å². The first-order valence-corrected chi connectivity index (χ1v) is 5.71. The molecule has 1 aromatic carbocycles. The predicted octanol–water partition coefficient (Wildman–Crippen LogP) is 0.955. The molecule has 0 aliphatic heterocycles. The second-order valence-electron chi connectivity index (χ2n) is 3.01. The molecule has 0 aliphatic carbocycles. The molecule has 2 N–H and O–H groups in total. The number of nitrogens with two attached hydrogens (primary N) is 1. The first-order chi connectivity index (χ1) is 6.49. The highest BCUT2D eigenvalue weighted by molar-refractivity contribution is 7.91. The fraction of sp³-hybridized carbons (Fsp3) is 0.333. The summed E-state index contributed by atoms with van der Waals surface area (Å²) in [5, 5.41) is 0. The molecule has 4 nitrogen and oxygen atoms in total. The van der Waals surface area contributed by atoms with Crippen LogP contribution in [0.25, 0.3) is 0 Å². The van der Waals surface area contributed by atoms with Gasteiger partial charge in [0.05, 0.1) is 10.6 Å². The molecular weight excluding hydrogens is 202 g/mol. The van der Waals surface area contributed by atoms with E-state index in [-0.39, 0.29) is 10.8 Å². The summed E-state index contributed by atoms with van der Waals surface area (Å²) < 4.78 is 27.8. The van der Waals surface area contributed by atoms with Crippen molar-refractivity contribution >= 4 is 15.5 Å². The smallest absolute Gasteiger partial charge is 0.204 e. The van der Waals surface area contributed by atoms with Crippen molar-refractivity contribution < 1.29 is 13.2 Å². The van der Waals surface area contributed by atoms with E-state index in [0.29, 0.717) is 5.69 Å². The number of rotatable bonds is 3. The third-order valence-electron chi connectivity index (χ3n) is 1.89. The predicted molar refractivity (Wildman–Crippen MR) is 54.7 cm³/mol. The maximum absolute atomic E-state index is 11.6. The summed E-state index contributed by atoms with van der Waals surface area (Å²) in [6.07, 6.45) is 0. The molecular formula is C9H13NO3S. The summed E-state index contributed by atoms with van der Waals surface area (Å²) >= 11 is 0. The maximum atomic E-state index is 11.6. The van der Waals surface area contributed by atoms with Crippen molar-refractivity contribution in [3.05, 3.63) is 23.8 Å². The average Bonchev–Trinajstić information content (AvgIpc) is 2.09. The van der Waals surface area contributed by atoms with Gasteiger partial charge in [-0.1, -0.05) is 12.1 Å². The third kappa shape index (κ3) is 2.05. The summed E-state index contributed by atoms with van der Waals surface area (Å²) in [6.45, 7) is 1.77. The van der Waals surface area contributed by atoms with Crippen LogP contribution in [0.3, 0.4) is 0 Å². The van der Waals surface area contributed by atoms with Gasteiger partial charge in [-0.2, -0.15) is 0 Å². The molecule has 0 radical (unpaired) electrons. The lowest BCUT2D eigenvalue weighted by Gasteiger charge is -2.08. The molecule has 0 amide bonds. The Kier molecular flexibility index (Phi) is 3.13. The highest BCUT2D eigenvalue weighted by Gasteiger charge is 2.17. The van der Waals surface area contributed by atoms with E-state index in [1.807, 2.05) is 0 Å². The van der Waals surface area contributed by atoms with Gasteiger partial charge in [0.15, 0.2) is 5.94 Å². The average molecular weight is 215 g/mol. The highest BCUT2D eigenvalue weighted by atomic mass is 32.2. The largest absolute Gasteiger partial charge is 0.397 e. The van der Waals surface area contributed by atoms with Gasteiger partial charge in [-0.05, 0) is 18.6 Å². The number of anilines is 1. The minimum atomic E-state index is -3.41. The monoisotopic (exact) mass is 215 g/mol. The van der Waals surface area contributed by atoms with Crippen molar-refractivity contribution in [1.82, 2.24) is 0 Å². The second-order valence-corrected chi connectivity index (χ2v) is 4.91. The molecule has 5 heteroatoms. The fourth-order valence-electron chi connectivity index (χ4n) is 1.14. The minimum Gasteiger partial charge on any atom is -0.397 e. The SMILES string of the molecule is COCS(=O)(=O)c1cccc(C)c1N. The Hall–Kier alpha value is -1.07. The number of ether oxygens (including phenoxy) is 1. The zero-order valence-corrected chi connectivity index (χ0v) is 8.97. The van der Waals surface area contributed by atoms with Crippen LogP contribution in [0.5, 0.6) is 0 Å². The Labute approximate surface area is 83.6 Å². The summed E-state index contributed by atoms with van der Waals surface area (Å²) in [4.78, 5) is 0.138. The number of nitrogen functional groups attached to an aromatic ring is 1. The molecule has 0 aliphatic rings. The molecule has 0 bridgehead atoms. The number of hydrogen-bond donors (Lipinski definition) is 1. The second kappa shape index (κ2) is 3.98. The molecule has 0 fully saturated rings. The Morgan fingerprint density at radius 2 is 2.07 bits per heavy atom. The lowest BCUT2D eigenvalue weighted by Crippen LogP contribution is -2.11. The van der Waals surface area contributed by atoms with Gasteiger partial charge < -0.3 is 10.5 Å². The van der Waals surface area contributed by atoms with Crippen LogP contribution in [0.15, 0.2) is 23.1 Å². The first kappa shape index (κ1) is 11.0. The Morgan fingerprint density at radius 3 is 2.64 bits per heavy atom. The van der Waals surface area contributed by atoms with Crippen LogP contribution >= 0.6 is 0 Å². The number of benzene rings is 1. The van der Waals surface area contributed by atoms with E-state index in [4.69, 9.17) is 5.73 Å². The van der Waals surface area contributed by atoms with Gasteiger partial charge in [-0.25, -0.2) is 8.42 Å².